The van der Waals surface area contributed by atoms with Crippen LogP contribution in [0.15, 0.2) is 47.6 Å². The fraction of sp³-hybridized carbons (Fsp3) is 0.263. The Balaban J connectivity index is 1.59. The highest BCUT2D eigenvalue weighted by Crippen LogP contribution is 2.31. The third kappa shape index (κ3) is 4.05. The molecule has 1 aliphatic rings. The number of ether oxygens (including phenoxy) is 4. The topological polar surface area (TPSA) is 78.4 Å². The Labute approximate surface area is 151 Å². The molecule has 7 nitrogen and oxygen atoms in total. The first-order valence-electron chi connectivity index (χ1n) is 8.23. The van der Waals surface area contributed by atoms with E-state index in [9.17, 15) is 4.79 Å². The van der Waals surface area contributed by atoms with Gasteiger partial charge in [-0.1, -0.05) is 12.1 Å². The van der Waals surface area contributed by atoms with Crippen LogP contribution in [0.3, 0.4) is 0 Å². The number of para-hydroxylation sites is 2. The molecule has 0 aliphatic carbocycles. The van der Waals surface area contributed by atoms with Gasteiger partial charge < -0.3 is 18.9 Å². The first kappa shape index (κ1) is 17.6. The summed E-state index contributed by atoms with van der Waals surface area (Å²) in [6.45, 7) is 2.58. The van der Waals surface area contributed by atoms with E-state index >= 15 is 0 Å². The zero-order valence-electron chi connectivity index (χ0n) is 14.6. The lowest BCUT2D eigenvalue weighted by Gasteiger charge is -2.24. The minimum absolute atomic E-state index is 0.134. The molecule has 1 heterocycles. The molecule has 0 aromatic heterocycles. The van der Waals surface area contributed by atoms with Gasteiger partial charge in [-0.05, 0) is 42.8 Å². The Kier molecular flexibility index (Phi) is 5.58. The summed E-state index contributed by atoms with van der Waals surface area (Å²) in [4.78, 5) is 12.2. The Morgan fingerprint density at radius 3 is 2.85 bits per heavy atom. The third-order valence-corrected chi connectivity index (χ3v) is 3.68. The summed E-state index contributed by atoms with van der Waals surface area (Å²) in [6, 6.07) is 12.6. The number of methoxy groups -OCH3 is 1. The maximum Gasteiger partial charge on any atom is 0.284 e. The Hall–Kier alpha value is -3.22. The van der Waals surface area contributed by atoms with Gasteiger partial charge in [0, 0.05) is 0 Å². The Bertz CT molecular complexity index is 806. The maximum absolute atomic E-state index is 12.2. The smallest absolute Gasteiger partial charge is 0.284 e. The molecule has 1 N–H and O–H groups in total. The van der Waals surface area contributed by atoms with Crippen LogP contribution in [0.1, 0.15) is 12.5 Å². The molecular formula is C19H20N2O5. The molecule has 7 heteroatoms. The molecule has 2 aromatic carbocycles. The van der Waals surface area contributed by atoms with E-state index in [1.165, 1.54) is 6.21 Å². The van der Waals surface area contributed by atoms with Gasteiger partial charge in [0.25, 0.3) is 5.91 Å². The molecule has 0 fully saturated rings. The number of nitrogens with one attached hydrogen (secondary N) is 1. The quantitative estimate of drug-likeness (QED) is 0.635. The second-order valence-electron chi connectivity index (χ2n) is 5.44. The summed E-state index contributed by atoms with van der Waals surface area (Å²) in [6.07, 6.45) is 0.769. The molecule has 3 rings (SSSR count). The molecule has 1 aliphatic heterocycles. The van der Waals surface area contributed by atoms with Crippen molar-refractivity contribution >= 4 is 12.1 Å². The minimum atomic E-state index is -0.753. The highest BCUT2D eigenvalue weighted by molar-refractivity contribution is 5.85. The van der Waals surface area contributed by atoms with E-state index in [2.05, 4.69) is 10.5 Å². The van der Waals surface area contributed by atoms with E-state index < -0.39 is 6.10 Å². The lowest BCUT2D eigenvalue weighted by molar-refractivity contribution is -0.130. The van der Waals surface area contributed by atoms with E-state index in [1.807, 2.05) is 25.1 Å². The maximum atomic E-state index is 12.2. The number of carbonyl (C=O) groups is 1. The highest BCUT2D eigenvalue weighted by Gasteiger charge is 2.26. The summed E-state index contributed by atoms with van der Waals surface area (Å²) in [5.74, 6) is 2.04. The highest BCUT2D eigenvalue weighted by atomic mass is 16.6. The number of carbonyl (C=O) groups excluding carboxylic acids is 1. The summed E-state index contributed by atoms with van der Waals surface area (Å²) < 4.78 is 21.9. The Morgan fingerprint density at radius 1 is 1.27 bits per heavy atom. The third-order valence-electron chi connectivity index (χ3n) is 3.68. The predicted molar refractivity (Wildman–Crippen MR) is 96.3 cm³/mol. The fourth-order valence-corrected chi connectivity index (χ4v) is 2.43. The van der Waals surface area contributed by atoms with Crippen LogP contribution < -0.4 is 24.4 Å². The number of fused-ring (bicyclic) bond motifs is 1. The molecule has 1 unspecified atom stereocenters. The normalized spacial score (nSPS) is 15.5. The molecule has 2 aromatic rings. The van der Waals surface area contributed by atoms with Gasteiger partial charge in [0.2, 0.25) is 6.10 Å². The Morgan fingerprint density at radius 2 is 2.08 bits per heavy atom. The second kappa shape index (κ2) is 8.24. The van der Waals surface area contributed by atoms with Crippen molar-refractivity contribution in [3.8, 4) is 23.0 Å². The van der Waals surface area contributed by atoms with Crippen LogP contribution >= 0.6 is 0 Å². The number of nitrogens with zero attached hydrogens (tertiary/aromatic N) is 1. The lowest BCUT2D eigenvalue weighted by Crippen LogP contribution is -2.42. The SMILES string of the molecule is CCOc1ccc(C=NNC(=O)C2COc3ccccc3O2)cc1OC. The van der Waals surface area contributed by atoms with E-state index in [1.54, 1.807) is 31.4 Å². The van der Waals surface area contributed by atoms with Crippen LogP contribution in [0.5, 0.6) is 23.0 Å². The van der Waals surface area contributed by atoms with Gasteiger partial charge in [0.05, 0.1) is 19.9 Å². The number of hydrogen-bond acceptors (Lipinski definition) is 6. The first-order valence-corrected chi connectivity index (χ1v) is 8.23. The van der Waals surface area contributed by atoms with Crippen molar-refractivity contribution in [2.75, 3.05) is 20.3 Å². The van der Waals surface area contributed by atoms with Gasteiger partial charge in [-0.2, -0.15) is 5.10 Å². The molecule has 1 atom stereocenters. The summed E-state index contributed by atoms with van der Waals surface area (Å²) in [7, 11) is 1.57. The van der Waals surface area contributed by atoms with Gasteiger partial charge in [-0.3, -0.25) is 4.79 Å². The second-order valence-corrected chi connectivity index (χ2v) is 5.44. The molecular weight excluding hydrogens is 336 g/mol. The van der Waals surface area contributed by atoms with Crippen molar-refractivity contribution in [2.24, 2.45) is 5.10 Å². The van der Waals surface area contributed by atoms with Crippen molar-refractivity contribution in [3.05, 3.63) is 48.0 Å². The van der Waals surface area contributed by atoms with Crippen LogP contribution in [-0.4, -0.2) is 38.5 Å². The lowest BCUT2D eigenvalue weighted by atomic mass is 10.2. The van der Waals surface area contributed by atoms with Crippen molar-refractivity contribution in [1.29, 1.82) is 0 Å². The van der Waals surface area contributed by atoms with Crippen LogP contribution in [-0.2, 0) is 4.79 Å². The predicted octanol–water partition coefficient (Wildman–Crippen LogP) is 2.38. The van der Waals surface area contributed by atoms with Gasteiger partial charge in [0.1, 0.15) is 6.61 Å². The monoisotopic (exact) mass is 356 g/mol. The van der Waals surface area contributed by atoms with Gasteiger partial charge in [0.15, 0.2) is 23.0 Å². The van der Waals surface area contributed by atoms with Crippen LogP contribution in [0.2, 0.25) is 0 Å². The molecule has 136 valence electrons. The van der Waals surface area contributed by atoms with Crippen molar-refractivity contribution in [3.63, 3.8) is 0 Å². The molecule has 0 radical (unpaired) electrons. The number of hydrazone groups is 1. The molecule has 26 heavy (non-hydrogen) atoms. The summed E-state index contributed by atoms with van der Waals surface area (Å²) >= 11 is 0. The molecule has 0 bridgehead atoms. The zero-order valence-corrected chi connectivity index (χ0v) is 14.6. The minimum Gasteiger partial charge on any atom is -0.493 e. The summed E-state index contributed by atoms with van der Waals surface area (Å²) in [5.41, 5.74) is 3.22. The van der Waals surface area contributed by atoms with Gasteiger partial charge >= 0.3 is 0 Å². The average Bonchev–Trinajstić information content (AvgIpc) is 2.68. The van der Waals surface area contributed by atoms with Crippen LogP contribution in [0, 0.1) is 0 Å². The number of rotatable bonds is 6. The number of amides is 1. The molecule has 0 saturated carbocycles. The summed E-state index contributed by atoms with van der Waals surface area (Å²) in [5, 5.41) is 3.97. The van der Waals surface area contributed by atoms with Crippen molar-refractivity contribution in [1.82, 2.24) is 5.43 Å². The first-order chi connectivity index (χ1) is 12.7. The zero-order chi connectivity index (χ0) is 18.4. The van der Waals surface area contributed by atoms with Gasteiger partial charge in [-0.25, -0.2) is 5.43 Å². The number of benzene rings is 2. The van der Waals surface area contributed by atoms with Crippen molar-refractivity contribution in [2.45, 2.75) is 13.0 Å². The van der Waals surface area contributed by atoms with E-state index in [0.717, 1.165) is 5.56 Å². The van der Waals surface area contributed by atoms with E-state index in [0.29, 0.717) is 29.6 Å². The average molecular weight is 356 g/mol. The standard InChI is InChI=1S/C19H20N2O5/c1-3-24-15-9-8-13(10-17(15)23-2)11-20-21-19(22)18-12-25-14-6-4-5-7-16(14)26-18/h4-11,18H,3,12H2,1-2H3,(H,21,22). The van der Waals surface area contributed by atoms with Crippen LogP contribution in [0.25, 0.3) is 0 Å². The number of hydrogen-bond donors (Lipinski definition) is 1. The molecule has 0 spiro atoms. The van der Waals surface area contributed by atoms with Crippen LogP contribution in [0.4, 0.5) is 0 Å². The molecule has 1 amide bonds. The van der Waals surface area contributed by atoms with Crippen molar-refractivity contribution < 1.29 is 23.7 Å². The molecule has 0 saturated heterocycles. The fourth-order valence-electron chi connectivity index (χ4n) is 2.43. The largest absolute Gasteiger partial charge is 0.493 e. The van der Waals surface area contributed by atoms with Gasteiger partial charge in [-0.15, -0.1) is 0 Å². The van der Waals surface area contributed by atoms with E-state index in [-0.39, 0.29) is 12.5 Å². The van der Waals surface area contributed by atoms with E-state index in [4.69, 9.17) is 18.9 Å².